The van der Waals surface area contributed by atoms with Gasteiger partial charge in [0.25, 0.3) is 5.69 Å². The van der Waals surface area contributed by atoms with Crippen molar-refractivity contribution in [3.8, 4) is 0 Å². The number of carbonyl (C=O) groups excluding carboxylic acids is 2. The average molecular weight is 336 g/mol. The summed E-state index contributed by atoms with van der Waals surface area (Å²) in [6, 6.07) is 6.19. The van der Waals surface area contributed by atoms with Gasteiger partial charge < -0.3 is 19.9 Å². The summed E-state index contributed by atoms with van der Waals surface area (Å²) in [4.78, 5) is 37.6. The first-order valence-corrected chi connectivity index (χ1v) is 7.56. The van der Waals surface area contributed by atoms with Gasteiger partial charge in [0.15, 0.2) is 0 Å². The van der Waals surface area contributed by atoms with Crippen LogP contribution in [0.5, 0.6) is 0 Å². The van der Waals surface area contributed by atoms with Gasteiger partial charge in [-0.05, 0) is 6.07 Å². The standard InChI is InChI=1S/C15H20N4O5/c1-17(12-4-2-3-5-13(12)19(22)23)11-14(20)16-10-15(21)18-6-8-24-9-7-18/h2-5H,6-11H2,1H3,(H,16,20). The Morgan fingerprint density at radius 2 is 2.00 bits per heavy atom. The first kappa shape index (κ1) is 17.7. The number of nitrogens with zero attached hydrogens (tertiary/aromatic N) is 3. The van der Waals surface area contributed by atoms with E-state index in [1.807, 2.05) is 0 Å². The van der Waals surface area contributed by atoms with Gasteiger partial charge in [-0.1, -0.05) is 12.1 Å². The van der Waals surface area contributed by atoms with E-state index < -0.39 is 4.92 Å². The third-order valence-electron chi connectivity index (χ3n) is 3.67. The van der Waals surface area contributed by atoms with Crippen LogP contribution in [0.3, 0.4) is 0 Å². The van der Waals surface area contributed by atoms with Crippen molar-refractivity contribution in [2.75, 3.05) is 51.3 Å². The Hall–Kier alpha value is -2.68. The van der Waals surface area contributed by atoms with Gasteiger partial charge in [-0.3, -0.25) is 19.7 Å². The van der Waals surface area contributed by atoms with Crippen LogP contribution >= 0.6 is 0 Å². The molecule has 0 radical (unpaired) electrons. The third kappa shape index (κ3) is 4.66. The number of likely N-dealkylation sites (N-methyl/N-ethyl adjacent to an activating group) is 1. The summed E-state index contributed by atoms with van der Waals surface area (Å²) in [5, 5.41) is 13.6. The van der Waals surface area contributed by atoms with Crippen LogP contribution in [0.2, 0.25) is 0 Å². The Morgan fingerprint density at radius 1 is 1.33 bits per heavy atom. The highest BCUT2D eigenvalue weighted by Gasteiger charge is 2.20. The van der Waals surface area contributed by atoms with Crippen molar-refractivity contribution >= 4 is 23.2 Å². The number of nitro benzene ring substituents is 1. The summed E-state index contributed by atoms with van der Waals surface area (Å²) in [5.41, 5.74) is 0.273. The summed E-state index contributed by atoms with van der Waals surface area (Å²) in [6.07, 6.45) is 0. The molecule has 1 saturated heterocycles. The minimum absolute atomic E-state index is 0.0720. The van der Waals surface area contributed by atoms with Gasteiger partial charge >= 0.3 is 0 Å². The second-order valence-corrected chi connectivity index (χ2v) is 5.37. The second kappa shape index (κ2) is 8.25. The lowest BCUT2D eigenvalue weighted by atomic mass is 10.2. The molecule has 0 aromatic heterocycles. The van der Waals surface area contributed by atoms with Crippen molar-refractivity contribution in [2.24, 2.45) is 0 Å². The predicted octanol–water partition coefficient (Wildman–Crippen LogP) is 0.00600. The van der Waals surface area contributed by atoms with Gasteiger partial charge in [-0.2, -0.15) is 0 Å². The molecule has 0 saturated carbocycles. The molecule has 0 aliphatic carbocycles. The zero-order valence-corrected chi connectivity index (χ0v) is 13.4. The van der Waals surface area contributed by atoms with Crippen molar-refractivity contribution in [2.45, 2.75) is 0 Å². The smallest absolute Gasteiger partial charge is 0.292 e. The Balaban J connectivity index is 1.85. The summed E-state index contributed by atoms with van der Waals surface area (Å²) < 4.78 is 5.16. The van der Waals surface area contributed by atoms with Crippen LogP contribution in [-0.4, -0.2) is 68.1 Å². The molecule has 9 heteroatoms. The minimum Gasteiger partial charge on any atom is -0.378 e. The predicted molar refractivity (Wildman–Crippen MR) is 86.8 cm³/mol. The Kier molecular flexibility index (Phi) is 6.07. The fraction of sp³-hybridized carbons (Fsp3) is 0.467. The maximum absolute atomic E-state index is 12.0. The van der Waals surface area contributed by atoms with E-state index in [0.29, 0.717) is 32.0 Å². The summed E-state index contributed by atoms with van der Waals surface area (Å²) in [5.74, 6) is -0.544. The first-order chi connectivity index (χ1) is 11.5. The molecule has 1 aliphatic heterocycles. The van der Waals surface area contributed by atoms with Crippen LogP contribution in [-0.2, 0) is 14.3 Å². The molecule has 1 N–H and O–H groups in total. The molecule has 0 unspecified atom stereocenters. The third-order valence-corrected chi connectivity index (χ3v) is 3.67. The lowest BCUT2D eigenvalue weighted by Gasteiger charge is -2.27. The number of hydrogen-bond acceptors (Lipinski definition) is 6. The number of para-hydroxylation sites is 2. The number of nitro groups is 1. The second-order valence-electron chi connectivity index (χ2n) is 5.37. The van der Waals surface area contributed by atoms with Crippen molar-refractivity contribution in [1.29, 1.82) is 0 Å². The quantitative estimate of drug-likeness (QED) is 0.579. The van der Waals surface area contributed by atoms with Crippen molar-refractivity contribution in [3.63, 3.8) is 0 Å². The Morgan fingerprint density at radius 3 is 2.67 bits per heavy atom. The highest BCUT2D eigenvalue weighted by atomic mass is 16.6. The van der Waals surface area contributed by atoms with Crippen molar-refractivity contribution in [3.05, 3.63) is 34.4 Å². The first-order valence-electron chi connectivity index (χ1n) is 7.56. The van der Waals surface area contributed by atoms with Crippen molar-refractivity contribution < 1.29 is 19.2 Å². The molecular formula is C15H20N4O5. The molecule has 1 aromatic carbocycles. The molecule has 2 amide bonds. The van der Waals surface area contributed by atoms with E-state index in [9.17, 15) is 19.7 Å². The topological polar surface area (TPSA) is 105 Å². The monoisotopic (exact) mass is 336 g/mol. The van der Waals surface area contributed by atoms with E-state index in [2.05, 4.69) is 5.32 Å². The number of ether oxygens (including phenoxy) is 1. The Bertz CT molecular complexity index is 616. The van der Waals surface area contributed by atoms with Gasteiger partial charge in [0.05, 0.1) is 31.2 Å². The molecular weight excluding hydrogens is 316 g/mol. The van der Waals surface area contributed by atoms with Gasteiger partial charge in [0, 0.05) is 26.2 Å². The molecule has 24 heavy (non-hydrogen) atoms. The molecule has 1 aromatic rings. The molecule has 0 bridgehead atoms. The van der Waals surface area contributed by atoms with Gasteiger partial charge in [0.2, 0.25) is 11.8 Å². The summed E-state index contributed by atoms with van der Waals surface area (Å²) in [7, 11) is 1.59. The summed E-state index contributed by atoms with van der Waals surface area (Å²) in [6.45, 7) is 1.86. The van der Waals surface area contributed by atoms with Crippen LogP contribution in [0.15, 0.2) is 24.3 Å². The van der Waals surface area contributed by atoms with E-state index in [-0.39, 0.29) is 30.6 Å². The fourth-order valence-corrected chi connectivity index (χ4v) is 2.40. The normalized spacial score (nSPS) is 14.1. The highest BCUT2D eigenvalue weighted by molar-refractivity contribution is 5.87. The molecule has 1 heterocycles. The number of carbonyl (C=O) groups is 2. The van der Waals surface area contributed by atoms with Crippen LogP contribution in [0, 0.1) is 10.1 Å². The largest absolute Gasteiger partial charge is 0.378 e. The van der Waals surface area contributed by atoms with Crippen LogP contribution < -0.4 is 10.2 Å². The lowest BCUT2D eigenvalue weighted by Crippen LogP contribution is -2.47. The number of morpholine rings is 1. The molecule has 1 aliphatic rings. The number of nitrogens with one attached hydrogen (secondary N) is 1. The SMILES string of the molecule is CN(CC(=O)NCC(=O)N1CCOCC1)c1ccccc1[N+](=O)[O-]. The number of benzene rings is 1. The molecule has 2 rings (SSSR count). The van der Waals surface area contributed by atoms with E-state index in [1.54, 1.807) is 30.1 Å². The molecule has 9 nitrogen and oxygen atoms in total. The van der Waals surface area contributed by atoms with E-state index in [0.717, 1.165) is 0 Å². The molecule has 0 spiro atoms. The summed E-state index contributed by atoms with van der Waals surface area (Å²) >= 11 is 0. The zero-order valence-electron chi connectivity index (χ0n) is 13.4. The average Bonchev–Trinajstić information content (AvgIpc) is 2.60. The Labute approximate surface area is 139 Å². The van der Waals surface area contributed by atoms with Crippen LogP contribution in [0.4, 0.5) is 11.4 Å². The number of amides is 2. The van der Waals surface area contributed by atoms with E-state index in [1.165, 1.54) is 11.0 Å². The fourth-order valence-electron chi connectivity index (χ4n) is 2.40. The minimum atomic E-state index is -0.494. The van der Waals surface area contributed by atoms with Crippen molar-refractivity contribution in [1.82, 2.24) is 10.2 Å². The van der Waals surface area contributed by atoms with Crippen LogP contribution in [0.25, 0.3) is 0 Å². The number of rotatable bonds is 6. The maximum atomic E-state index is 12.0. The molecule has 0 atom stereocenters. The number of anilines is 1. The van der Waals surface area contributed by atoms with Gasteiger partial charge in [0.1, 0.15) is 5.69 Å². The maximum Gasteiger partial charge on any atom is 0.292 e. The zero-order chi connectivity index (χ0) is 17.5. The lowest BCUT2D eigenvalue weighted by molar-refractivity contribution is -0.384. The van der Waals surface area contributed by atoms with E-state index >= 15 is 0 Å². The molecule has 130 valence electrons. The van der Waals surface area contributed by atoms with Crippen LogP contribution in [0.1, 0.15) is 0 Å². The molecule has 1 fully saturated rings. The van der Waals surface area contributed by atoms with Gasteiger partial charge in [-0.25, -0.2) is 0 Å². The van der Waals surface area contributed by atoms with E-state index in [4.69, 9.17) is 4.74 Å². The van der Waals surface area contributed by atoms with Gasteiger partial charge in [-0.15, -0.1) is 0 Å². The number of hydrogen-bond donors (Lipinski definition) is 1. The highest BCUT2D eigenvalue weighted by Crippen LogP contribution is 2.26.